The van der Waals surface area contributed by atoms with Crippen LogP contribution >= 0.6 is 11.3 Å². The first-order chi connectivity index (χ1) is 9.38. The van der Waals surface area contributed by atoms with Crippen molar-refractivity contribution in [3.8, 4) is 0 Å². The van der Waals surface area contributed by atoms with E-state index < -0.39 is 5.97 Å². The third-order valence-electron chi connectivity index (χ3n) is 3.39. The van der Waals surface area contributed by atoms with E-state index in [2.05, 4.69) is 4.98 Å². The molecule has 0 spiro atoms. The first-order valence-corrected chi connectivity index (χ1v) is 7.69. The maximum Gasteiger partial charge on any atom is 0.323 e. The van der Waals surface area contributed by atoms with Crippen LogP contribution < -0.4 is 0 Å². The summed E-state index contributed by atoms with van der Waals surface area (Å²) in [6.45, 7) is 5.19. The van der Waals surface area contributed by atoms with Gasteiger partial charge in [0, 0.05) is 12.5 Å². The molecule has 1 N–H and O–H groups in total. The Balaban J connectivity index is 2.16. The highest BCUT2D eigenvalue weighted by Crippen LogP contribution is 2.34. The Labute approximate surface area is 122 Å². The summed E-state index contributed by atoms with van der Waals surface area (Å²) in [5.41, 5.74) is 0.715. The Morgan fingerprint density at radius 1 is 1.45 bits per heavy atom. The molecule has 20 heavy (non-hydrogen) atoms. The molecular formula is C14H20N2O3S. The number of rotatable bonds is 6. The second-order valence-corrected chi connectivity index (χ2v) is 6.67. The monoisotopic (exact) mass is 296 g/mol. The molecule has 1 fully saturated rings. The van der Waals surface area contributed by atoms with Crippen molar-refractivity contribution in [2.75, 3.05) is 6.54 Å². The molecule has 0 radical (unpaired) electrons. The average molecular weight is 296 g/mol. The number of nitrogens with zero attached hydrogens (tertiary/aromatic N) is 2. The molecule has 1 aliphatic carbocycles. The van der Waals surface area contributed by atoms with Gasteiger partial charge in [0.1, 0.15) is 11.4 Å². The highest BCUT2D eigenvalue weighted by Gasteiger charge is 2.27. The fraction of sp³-hybridized carbons (Fsp3) is 0.643. The van der Waals surface area contributed by atoms with Crippen LogP contribution in [0.15, 0.2) is 0 Å². The molecule has 1 aromatic rings. The predicted octanol–water partition coefficient (Wildman–Crippen LogP) is 2.34. The average Bonchev–Trinajstić information content (AvgIpc) is 3.07. The first kappa shape index (κ1) is 15.0. The maximum atomic E-state index is 12.5. The molecule has 1 amide bonds. The standard InChI is InChI=1S/C14H20N2O3S/c1-8(2)16(7-12(17)18)14(19)13-9(3)15-11(20-13)6-10-4-5-10/h8,10H,4-7H2,1-3H3,(H,17,18). The zero-order valence-electron chi connectivity index (χ0n) is 12.0. The molecule has 1 aromatic heterocycles. The third kappa shape index (κ3) is 3.56. The summed E-state index contributed by atoms with van der Waals surface area (Å²) in [7, 11) is 0. The molecule has 5 nitrogen and oxygen atoms in total. The normalized spacial score (nSPS) is 14.6. The molecular weight excluding hydrogens is 276 g/mol. The van der Waals surface area contributed by atoms with Crippen LogP contribution in [0.25, 0.3) is 0 Å². The second-order valence-electron chi connectivity index (χ2n) is 5.59. The van der Waals surface area contributed by atoms with Crippen LogP contribution in [-0.4, -0.2) is 39.5 Å². The van der Waals surface area contributed by atoms with Gasteiger partial charge in [-0.1, -0.05) is 0 Å². The number of thiazole rings is 1. The summed E-state index contributed by atoms with van der Waals surface area (Å²) in [5.74, 6) is -0.490. The summed E-state index contributed by atoms with van der Waals surface area (Å²) in [5, 5.41) is 9.92. The lowest BCUT2D eigenvalue weighted by atomic mass is 10.2. The quantitative estimate of drug-likeness (QED) is 0.874. The molecule has 1 heterocycles. The van der Waals surface area contributed by atoms with Gasteiger partial charge in [0.2, 0.25) is 0 Å². The lowest BCUT2D eigenvalue weighted by Gasteiger charge is -2.24. The molecule has 1 saturated carbocycles. The molecule has 0 aliphatic heterocycles. The van der Waals surface area contributed by atoms with Crippen molar-refractivity contribution in [1.29, 1.82) is 0 Å². The molecule has 0 atom stereocenters. The minimum absolute atomic E-state index is 0.146. The molecule has 0 saturated heterocycles. The summed E-state index contributed by atoms with van der Waals surface area (Å²) < 4.78 is 0. The minimum Gasteiger partial charge on any atom is -0.480 e. The van der Waals surface area contributed by atoms with Crippen molar-refractivity contribution >= 4 is 23.2 Å². The first-order valence-electron chi connectivity index (χ1n) is 6.87. The molecule has 110 valence electrons. The van der Waals surface area contributed by atoms with E-state index in [-0.39, 0.29) is 18.5 Å². The number of amides is 1. The Morgan fingerprint density at radius 2 is 2.10 bits per heavy atom. The summed E-state index contributed by atoms with van der Waals surface area (Å²) in [6.07, 6.45) is 3.44. The summed E-state index contributed by atoms with van der Waals surface area (Å²) in [4.78, 5) is 29.8. The smallest absolute Gasteiger partial charge is 0.323 e. The Kier molecular flexibility index (Phi) is 4.42. The van der Waals surface area contributed by atoms with Gasteiger partial charge in [-0.05, 0) is 39.5 Å². The van der Waals surface area contributed by atoms with Gasteiger partial charge < -0.3 is 10.0 Å². The van der Waals surface area contributed by atoms with Crippen LogP contribution in [0.3, 0.4) is 0 Å². The van der Waals surface area contributed by atoms with Crippen LogP contribution in [0.4, 0.5) is 0 Å². The van der Waals surface area contributed by atoms with E-state index in [1.807, 2.05) is 20.8 Å². The van der Waals surface area contributed by atoms with Gasteiger partial charge in [-0.3, -0.25) is 9.59 Å². The summed E-state index contributed by atoms with van der Waals surface area (Å²) in [6, 6.07) is -0.146. The van der Waals surface area contributed by atoms with Crippen LogP contribution in [0.5, 0.6) is 0 Å². The predicted molar refractivity (Wildman–Crippen MR) is 77.1 cm³/mol. The van der Waals surface area contributed by atoms with Crippen LogP contribution in [-0.2, 0) is 11.2 Å². The third-order valence-corrected chi connectivity index (χ3v) is 4.55. The van der Waals surface area contributed by atoms with Crippen LogP contribution in [0.2, 0.25) is 0 Å². The zero-order valence-corrected chi connectivity index (χ0v) is 12.9. The Bertz CT molecular complexity index is 520. The molecule has 0 bridgehead atoms. The topological polar surface area (TPSA) is 70.5 Å². The van der Waals surface area contributed by atoms with Crippen molar-refractivity contribution in [1.82, 2.24) is 9.88 Å². The van der Waals surface area contributed by atoms with E-state index in [0.29, 0.717) is 10.6 Å². The van der Waals surface area contributed by atoms with Gasteiger partial charge in [0.05, 0.1) is 10.7 Å². The number of hydrogen-bond donors (Lipinski definition) is 1. The Hall–Kier alpha value is -1.43. The van der Waals surface area contributed by atoms with Gasteiger partial charge in [-0.15, -0.1) is 11.3 Å². The number of carboxylic acid groups (broad SMARTS) is 1. The van der Waals surface area contributed by atoms with Gasteiger partial charge in [0.15, 0.2) is 0 Å². The summed E-state index contributed by atoms with van der Waals surface area (Å²) >= 11 is 1.41. The number of aliphatic carboxylic acids is 1. The number of carbonyl (C=O) groups excluding carboxylic acids is 1. The number of aromatic nitrogens is 1. The fourth-order valence-electron chi connectivity index (χ4n) is 2.07. The van der Waals surface area contributed by atoms with Crippen molar-refractivity contribution in [3.63, 3.8) is 0 Å². The number of carboxylic acids is 1. The van der Waals surface area contributed by atoms with Crippen LogP contribution in [0.1, 0.15) is 47.1 Å². The van der Waals surface area contributed by atoms with E-state index in [4.69, 9.17) is 5.11 Å². The minimum atomic E-state index is -0.993. The molecule has 6 heteroatoms. The van der Waals surface area contributed by atoms with E-state index in [9.17, 15) is 9.59 Å². The van der Waals surface area contributed by atoms with E-state index in [1.165, 1.54) is 29.1 Å². The largest absolute Gasteiger partial charge is 0.480 e. The van der Waals surface area contributed by atoms with E-state index >= 15 is 0 Å². The zero-order chi connectivity index (χ0) is 14.9. The van der Waals surface area contributed by atoms with Crippen molar-refractivity contribution in [3.05, 3.63) is 15.6 Å². The number of aryl methyl sites for hydroxylation is 1. The van der Waals surface area contributed by atoms with Crippen LogP contribution in [0, 0.1) is 12.8 Å². The molecule has 1 aliphatic rings. The highest BCUT2D eigenvalue weighted by atomic mass is 32.1. The molecule has 0 aromatic carbocycles. The fourth-order valence-corrected chi connectivity index (χ4v) is 3.21. The van der Waals surface area contributed by atoms with E-state index in [0.717, 1.165) is 17.3 Å². The lowest BCUT2D eigenvalue weighted by molar-refractivity contribution is -0.138. The van der Waals surface area contributed by atoms with Crippen molar-refractivity contribution in [2.24, 2.45) is 5.92 Å². The van der Waals surface area contributed by atoms with Gasteiger partial charge in [-0.25, -0.2) is 4.98 Å². The maximum absolute atomic E-state index is 12.5. The molecule has 2 rings (SSSR count). The van der Waals surface area contributed by atoms with Gasteiger partial charge >= 0.3 is 5.97 Å². The number of hydrogen-bond acceptors (Lipinski definition) is 4. The number of carbonyl (C=O) groups is 2. The SMILES string of the molecule is Cc1nc(CC2CC2)sc1C(=O)N(CC(=O)O)C(C)C. The lowest BCUT2D eigenvalue weighted by Crippen LogP contribution is -2.40. The van der Waals surface area contributed by atoms with Crippen molar-refractivity contribution < 1.29 is 14.7 Å². The van der Waals surface area contributed by atoms with Gasteiger partial charge in [-0.2, -0.15) is 0 Å². The second kappa shape index (κ2) is 5.91. The Morgan fingerprint density at radius 3 is 2.60 bits per heavy atom. The highest BCUT2D eigenvalue weighted by molar-refractivity contribution is 7.13. The van der Waals surface area contributed by atoms with Crippen molar-refractivity contribution in [2.45, 2.75) is 46.1 Å². The molecule has 0 unspecified atom stereocenters. The van der Waals surface area contributed by atoms with Gasteiger partial charge in [0.25, 0.3) is 5.91 Å². The van der Waals surface area contributed by atoms with E-state index in [1.54, 1.807) is 0 Å².